The first-order chi connectivity index (χ1) is 17.5. The summed E-state index contributed by atoms with van der Waals surface area (Å²) in [6.07, 6.45) is 2.35. The van der Waals surface area contributed by atoms with Crippen molar-refractivity contribution >= 4 is 16.7 Å². The molecule has 1 aliphatic heterocycles. The second-order valence-electron chi connectivity index (χ2n) is 8.80. The highest BCUT2D eigenvalue weighted by Crippen LogP contribution is 2.38. The van der Waals surface area contributed by atoms with Gasteiger partial charge in [0.15, 0.2) is 11.5 Å². The first-order valence-electron chi connectivity index (χ1n) is 11.8. The van der Waals surface area contributed by atoms with Crippen LogP contribution in [0.1, 0.15) is 34.5 Å². The lowest BCUT2D eigenvalue weighted by Gasteiger charge is -2.36. The molecule has 2 heterocycles. The van der Waals surface area contributed by atoms with Crippen LogP contribution >= 0.6 is 0 Å². The van der Waals surface area contributed by atoms with E-state index in [-0.39, 0.29) is 17.5 Å². The summed E-state index contributed by atoms with van der Waals surface area (Å²) in [6, 6.07) is 18.3. The quantitative estimate of drug-likeness (QED) is 0.408. The van der Waals surface area contributed by atoms with E-state index in [1.54, 1.807) is 39.7 Å². The molecule has 0 fully saturated rings. The maximum absolute atomic E-state index is 14.1. The molecule has 4 aromatic rings. The van der Waals surface area contributed by atoms with Crippen LogP contribution in [0, 0.1) is 0 Å². The van der Waals surface area contributed by atoms with Gasteiger partial charge in [-0.25, -0.2) is 0 Å². The number of fused-ring (bicyclic) bond motifs is 2. The number of amides is 1. The lowest BCUT2D eigenvalue weighted by molar-refractivity contribution is 0.0678. The van der Waals surface area contributed by atoms with Gasteiger partial charge >= 0.3 is 0 Å². The summed E-state index contributed by atoms with van der Waals surface area (Å²) in [6.45, 7) is 2.57. The molecule has 0 radical (unpaired) electrons. The number of methoxy groups -OCH3 is 3. The normalized spacial score (nSPS) is 14.9. The van der Waals surface area contributed by atoms with Crippen molar-refractivity contribution in [3.63, 3.8) is 0 Å². The molecular formula is C29H28N2O5. The number of aromatic nitrogens is 1. The number of rotatable bonds is 5. The van der Waals surface area contributed by atoms with E-state index >= 15 is 0 Å². The van der Waals surface area contributed by atoms with Gasteiger partial charge in [-0.1, -0.05) is 24.3 Å². The lowest BCUT2D eigenvalue weighted by Crippen LogP contribution is -2.39. The van der Waals surface area contributed by atoms with Gasteiger partial charge in [0.1, 0.15) is 5.75 Å². The van der Waals surface area contributed by atoms with Gasteiger partial charge in [-0.2, -0.15) is 0 Å². The molecule has 7 nitrogen and oxygen atoms in total. The van der Waals surface area contributed by atoms with Crippen LogP contribution in [0.15, 0.2) is 71.7 Å². The van der Waals surface area contributed by atoms with Gasteiger partial charge in [-0.3, -0.25) is 14.2 Å². The average Bonchev–Trinajstić information content (AvgIpc) is 2.92. The van der Waals surface area contributed by atoms with Gasteiger partial charge < -0.3 is 19.1 Å². The molecule has 1 aliphatic rings. The minimum Gasteiger partial charge on any atom is -0.497 e. The van der Waals surface area contributed by atoms with Crippen LogP contribution in [-0.4, -0.2) is 43.2 Å². The molecule has 0 saturated carbocycles. The van der Waals surface area contributed by atoms with E-state index in [4.69, 9.17) is 14.2 Å². The molecule has 36 heavy (non-hydrogen) atoms. The van der Waals surface area contributed by atoms with Crippen molar-refractivity contribution in [2.75, 3.05) is 27.9 Å². The van der Waals surface area contributed by atoms with Gasteiger partial charge in [-0.15, -0.1) is 0 Å². The first-order valence-corrected chi connectivity index (χ1v) is 11.8. The van der Waals surface area contributed by atoms with Crippen LogP contribution in [-0.2, 0) is 6.42 Å². The smallest absolute Gasteiger partial charge is 0.262 e. The molecule has 0 spiro atoms. The Kier molecular flexibility index (Phi) is 6.14. The van der Waals surface area contributed by atoms with Gasteiger partial charge in [-0.05, 0) is 54.8 Å². The van der Waals surface area contributed by atoms with E-state index in [1.807, 2.05) is 60.4 Å². The van der Waals surface area contributed by atoms with Crippen molar-refractivity contribution in [1.82, 2.24) is 9.47 Å². The predicted octanol–water partition coefficient (Wildman–Crippen LogP) is 4.78. The Morgan fingerprint density at radius 3 is 2.33 bits per heavy atom. The fourth-order valence-electron chi connectivity index (χ4n) is 4.99. The molecule has 7 heteroatoms. The molecule has 0 saturated heterocycles. The topological polar surface area (TPSA) is 70.0 Å². The Balaban J connectivity index is 1.62. The van der Waals surface area contributed by atoms with Gasteiger partial charge in [0, 0.05) is 29.6 Å². The Bertz CT molecular complexity index is 1520. The number of benzene rings is 3. The summed E-state index contributed by atoms with van der Waals surface area (Å²) in [4.78, 5) is 29.3. The third kappa shape index (κ3) is 3.86. The summed E-state index contributed by atoms with van der Waals surface area (Å²) in [5.74, 6) is 1.82. The third-order valence-corrected chi connectivity index (χ3v) is 6.93. The predicted molar refractivity (Wildman–Crippen MR) is 139 cm³/mol. The largest absolute Gasteiger partial charge is 0.497 e. The standard InChI is InChI=1S/C29H28N2O5/c1-18-24-16-27(36-4)26(35-3)14-19(24)12-13-30(18)29(33)25-17-31(20-8-7-9-21(15-20)34-2)28(32)23-11-6-5-10-22(23)25/h5-11,14-18H,12-13H2,1-4H3/t18-/m0/s1. The highest BCUT2D eigenvalue weighted by molar-refractivity contribution is 6.07. The maximum Gasteiger partial charge on any atom is 0.262 e. The van der Waals surface area contributed by atoms with Crippen LogP contribution in [0.3, 0.4) is 0 Å². The first kappa shape index (κ1) is 23.5. The molecule has 0 aliphatic carbocycles. The van der Waals surface area contributed by atoms with Crippen LogP contribution in [0.4, 0.5) is 0 Å². The SMILES string of the molecule is COc1cccc(-n2cc(C(=O)N3CCc4cc(OC)c(OC)cc4[C@@H]3C)c3ccccc3c2=O)c1. The number of ether oxygens (including phenoxy) is 3. The molecule has 0 bridgehead atoms. The van der Waals surface area contributed by atoms with E-state index < -0.39 is 0 Å². The number of carbonyl (C=O) groups is 1. The molecule has 3 aromatic carbocycles. The number of pyridine rings is 1. The number of hydrogen-bond donors (Lipinski definition) is 0. The van der Waals surface area contributed by atoms with Crippen LogP contribution in [0.2, 0.25) is 0 Å². The minimum atomic E-state index is -0.190. The minimum absolute atomic E-state index is 0.129. The van der Waals surface area contributed by atoms with E-state index in [0.29, 0.717) is 52.2 Å². The number of carbonyl (C=O) groups excluding carboxylic acids is 1. The molecule has 0 N–H and O–H groups in total. The van der Waals surface area contributed by atoms with E-state index in [2.05, 4.69) is 0 Å². The molecule has 5 rings (SSSR count). The molecular weight excluding hydrogens is 456 g/mol. The summed E-state index contributed by atoms with van der Waals surface area (Å²) >= 11 is 0. The van der Waals surface area contributed by atoms with Crippen molar-refractivity contribution in [3.8, 4) is 22.9 Å². The van der Waals surface area contributed by atoms with Gasteiger partial charge in [0.25, 0.3) is 11.5 Å². The van der Waals surface area contributed by atoms with Crippen LogP contribution < -0.4 is 19.8 Å². The summed E-state index contributed by atoms with van der Waals surface area (Å²) in [5, 5.41) is 1.12. The summed E-state index contributed by atoms with van der Waals surface area (Å²) in [5.41, 5.74) is 3.08. The highest BCUT2D eigenvalue weighted by atomic mass is 16.5. The number of hydrogen-bond acceptors (Lipinski definition) is 5. The Morgan fingerprint density at radius 2 is 1.61 bits per heavy atom. The summed E-state index contributed by atoms with van der Waals surface area (Å²) in [7, 11) is 4.81. The van der Waals surface area contributed by atoms with Crippen molar-refractivity contribution in [1.29, 1.82) is 0 Å². The Hall–Kier alpha value is -4.26. The van der Waals surface area contributed by atoms with Gasteiger partial charge in [0.05, 0.1) is 38.6 Å². The maximum atomic E-state index is 14.1. The van der Waals surface area contributed by atoms with Gasteiger partial charge in [0.2, 0.25) is 0 Å². The molecule has 1 atom stereocenters. The second-order valence-corrected chi connectivity index (χ2v) is 8.80. The average molecular weight is 485 g/mol. The highest BCUT2D eigenvalue weighted by Gasteiger charge is 2.31. The lowest BCUT2D eigenvalue weighted by atomic mass is 9.92. The van der Waals surface area contributed by atoms with E-state index in [9.17, 15) is 9.59 Å². The van der Waals surface area contributed by atoms with E-state index in [1.165, 1.54) is 4.57 Å². The fourth-order valence-corrected chi connectivity index (χ4v) is 4.99. The van der Waals surface area contributed by atoms with Crippen LogP contribution in [0.5, 0.6) is 17.2 Å². The zero-order valence-corrected chi connectivity index (χ0v) is 20.8. The molecule has 0 unspecified atom stereocenters. The van der Waals surface area contributed by atoms with Crippen molar-refractivity contribution < 1.29 is 19.0 Å². The zero-order valence-electron chi connectivity index (χ0n) is 20.8. The Morgan fingerprint density at radius 1 is 0.889 bits per heavy atom. The Labute approximate surface area is 209 Å². The summed E-state index contributed by atoms with van der Waals surface area (Å²) < 4.78 is 17.8. The third-order valence-electron chi connectivity index (χ3n) is 6.93. The van der Waals surface area contributed by atoms with Crippen molar-refractivity contribution in [2.24, 2.45) is 0 Å². The van der Waals surface area contributed by atoms with Crippen molar-refractivity contribution in [2.45, 2.75) is 19.4 Å². The monoisotopic (exact) mass is 484 g/mol. The van der Waals surface area contributed by atoms with Crippen molar-refractivity contribution in [3.05, 3.63) is 93.9 Å². The molecule has 1 aromatic heterocycles. The van der Waals surface area contributed by atoms with E-state index in [0.717, 1.165) is 11.1 Å². The zero-order chi connectivity index (χ0) is 25.4. The molecule has 184 valence electrons. The fraction of sp³-hybridized carbons (Fsp3) is 0.241. The number of nitrogens with zero attached hydrogens (tertiary/aromatic N) is 2. The molecule has 1 amide bonds. The second kappa shape index (κ2) is 9.41. The van der Waals surface area contributed by atoms with Crippen LogP contribution in [0.25, 0.3) is 16.5 Å².